The molecule has 0 radical (unpaired) electrons. The van der Waals surface area contributed by atoms with Crippen LogP contribution in [0.4, 0.5) is 0 Å². The van der Waals surface area contributed by atoms with E-state index in [-0.39, 0.29) is 16.2 Å². The van der Waals surface area contributed by atoms with Crippen LogP contribution in [0, 0.1) is 0 Å². The molecule has 0 aliphatic rings. The van der Waals surface area contributed by atoms with Crippen molar-refractivity contribution in [2.45, 2.75) is 88.7 Å². The Balaban J connectivity index is 1.45. The zero-order chi connectivity index (χ0) is 31.9. The van der Waals surface area contributed by atoms with Crippen LogP contribution in [0.5, 0.6) is 17.2 Å². The second-order valence-electron chi connectivity index (χ2n) is 12.5. The van der Waals surface area contributed by atoms with E-state index >= 15 is 0 Å². The van der Waals surface area contributed by atoms with Gasteiger partial charge in [0, 0.05) is 0 Å². The van der Waals surface area contributed by atoms with Crippen LogP contribution in [0.15, 0.2) is 102 Å². The number of rotatable bonds is 13. The molecule has 2 N–H and O–H groups in total. The van der Waals surface area contributed by atoms with Crippen molar-refractivity contribution in [1.82, 2.24) is 0 Å². The molecule has 6 nitrogen and oxygen atoms in total. The second kappa shape index (κ2) is 14.3. The van der Waals surface area contributed by atoms with Gasteiger partial charge in [0.05, 0.1) is 4.90 Å². The largest absolute Gasteiger partial charge is 0.508 e. The van der Waals surface area contributed by atoms with Crippen molar-refractivity contribution in [1.29, 1.82) is 0 Å². The fourth-order valence-corrected chi connectivity index (χ4v) is 6.02. The van der Waals surface area contributed by atoms with Crippen molar-refractivity contribution in [3.8, 4) is 17.2 Å². The van der Waals surface area contributed by atoms with Gasteiger partial charge in [0.1, 0.15) is 29.5 Å². The van der Waals surface area contributed by atoms with Crippen LogP contribution in [-0.2, 0) is 16.7 Å². The van der Waals surface area contributed by atoms with Gasteiger partial charge in [-0.2, -0.15) is 8.42 Å². The summed E-state index contributed by atoms with van der Waals surface area (Å²) in [6.45, 7) is 11.0. The first-order valence-corrected chi connectivity index (χ1v) is 16.6. The molecule has 0 saturated carbocycles. The summed E-state index contributed by atoms with van der Waals surface area (Å²) in [5.41, 5.74) is 4.54. The summed E-state index contributed by atoms with van der Waals surface area (Å²) in [4.78, 5) is -0.164. The number of ether oxygens (including phenoxy) is 2. The minimum absolute atomic E-state index is 0.164. The third kappa shape index (κ3) is 9.60. The molecule has 0 saturated heterocycles. The molecule has 4 aromatic rings. The summed E-state index contributed by atoms with van der Waals surface area (Å²) in [6.07, 6.45) is 2.95. The maximum Gasteiger partial charge on any atom is 0.294 e. The van der Waals surface area contributed by atoms with Crippen LogP contribution in [0.1, 0.15) is 93.9 Å². The Morgan fingerprint density at radius 1 is 0.705 bits per heavy atom. The summed E-state index contributed by atoms with van der Waals surface area (Å²) in [5, 5.41) is 9.94. The number of benzene rings is 4. The molecule has 0 amide bonds. The highest BCUT2D eigenvalue weighted by Crippen LogP contribution is 2.39. The molecule has 0 spiro atoms. The fraction of sp³-hybridized carbons (Fsp3) is 0.351. The molecule has 44 heavy (non-hydrogen) atoms. The molecule has 4 rings (SSSR count). The third-order valence-corrected chi connectivity index (χ3v) is 8.78. The molecule has 0 heterocycles. The quantitative estimate of drug-likeness (QED) is 0.145. The zero-order valence-electron chi connectivity index (χ0n) is 26.2. The van der Waals surface area contributed by atoms with Crippen molar-refractivity contribution in [3.63, 3.8) is 0 Å². The van der Waals surface area contributed by atoms with Gasteiger partial charge >= 0.3 is 0 Å². The lowest BCUT2D eigenvalue weighted by Crippen LogP contribution is -2.22. The van der Waals surface area contributed by atoms with Gasteiger partial charge in [-0.25, -0.2) is 0 Å². The Morgan fingerprint density at radius 2 is 1.23 bits per heavy atom. The molecule has 3 unspecified atom stereocenters. The predicted octanol–water partition coefficient (Wildman–Crippen LogP) is 9.26. The molecule has 0 fully saturated rings. The van der Waals surface area contributed by atoms with E-state index in [1.165, 1.54) is 41.0 Å². The van der Waals surface area contributed by atoms with Gasteiger partial charge in [-0.3, -0.25) is 4.55 Å². The monoisotopic (exact) mass is 616 g/mol. The summed E-state index contributed by atoms with van der Waals surface area (Å²) in [7, 11) is -4.23. The lowest BCUT2D eigenvalue weighted by molar-refractivity contribution is 0.131. The highest BCUT2D eigenvalue weighted by atomic mass is 32.2. The van der Waals surface area contributed by atoms with Gasteiger partial charge in [-0.1, -0.05) is 62.4 Å². The van der Waals surface area contributed by atoms with E-state index in [1.54, 1.807) is 12.1 Å². The highest BCUT2D eigenvalue weighted by Gasteiger charge is 2.22. The molecule has 3 atom stereocenters. The second-order valence-corrected chi connectivity index (χ2v) is 13.9. The first kappa shape index (κ1) is 33.1. The summed E-state index contributed by atoms with van der Waals surface area (Å²) < 4.78 is 43.5. The van der Waals surface area contributed by atoms with Crippen LogP contribution in [0.3, 0.4) is 0 Å². The normalized spacial score (nSPS) is 14.0. The van der Waals surface area contributed by atoms with E-state index in [9.17, 15) is 13.5 Å². The van der Waals surface area contributed by atoms with Crippen LogP contribution in [-0.4, -0.2) is 23.7 Å². The first-order chi connectivity index (χ1) is 20.8. The average Bonchev–Trinajstić information content (AvgIpc) is 2.98. The van der Waals surface area contributed by atoms with E-state index in [0.29, 0.717) is 30.1 Å². The minimum atomic E-state index is -4.23. The zero-order valence-corrected chi connectivity index (χ0v) is 27.1. The van der Waals surface area contributed by atoms with Crippen molar-refractivity contribution in [2.75, 3.05) is 0 Å². The molecule has 234 valence electrons. The summed E-state index contributed by atoms with van der Waals surface area (Å²) >= 11 is 0. The van der Waals surface area contributed by atoms with Gasteiger partial charge < -0.3 is 14.6 Å². The Hall–Kier alpha value is -3.81. The number of phenolic OH excluding ortho intramolecular Hbond substituents is 1. The van der Waals surface area contributed by atoms with Crippen LogP contribution < -0.4 is 9.47 Å². The lowest BCUT2D eigenvalue weighted by atomic mass is 9.78. The van der Waals surface area contributed by atoms with E-state index < -0.39 is 10.1 Å². The average molecular weight is 617 g/mol. The Morgan fingerprint density at radius 3 is 1.77 bits per heavy atom. The number of phenols is 1. The molecule has 0 aliphatic carbocycles. The van der Waals surface area contributed by atoms with Crippen molar-refractivity contribution < 1.29 is 27.6 Å². The highest BCUT2D eigenvalue weighted by molar-refractivity contribution is 7.85. The predicted molar refractivity (Wildman–Crippen MR) is 175 cm³/mol. The summed E-state index contributed by atoms with van der Waals surface area (Å²) in [5.74, 6) is 2.66. The van der Waals surface area contributed by atoms with E-state index in [0.717, 1.165) is 30.6 Å². The maximum atomic E-state index is 11.3. The number of aromatic hydroxyl groups is 1. The minimum Gasteiger partial charge on any atom is -0.508 e. The van der Waals surface area contributed by atoms with Crippen LogP contribution >= 0.6 is 0 Å². The molecular weight excluding hydrogens is 572 g/mol. The van der Waals surface area contributed by atoms with Gasteiger partial charge in [-0.15, -0.1) is 0 Å². The van der Waals surface area contributed by atoms with E-state index in [2.05, 4.69) is 62.4 Å². The Labute approximate surface area is 262 Å². The van der Waals surface area contributed by atoms with Gasteiger partial charge in [0.2, 0.25) is 0 Å². The maximum absolute atomic E-state index is 11.3. The molecule has 0 bridgehead atoms. The SMILES string of the molecule is CCC(CC(CC(C)c1ccc(OC(C)(C)C)cc1)c1ccc(O)cc1)c1ccc(COc2ccc(S(=O)(=O)O)cc2)cc1. The molecule has 0 aliphatic heterocycles. The molecule has 0 aromatic heterocycles. The summed E-state index contributed by atoms with van der Waals surface area (Å²) in [6, 6.07) is 30.3. The van der Waals surface area contributed by atoms with Gasteiger partial charge in [0.25, 0.3) is 10.1 Å². The standard InChI is InChI=1S/C37H44O6S/c1-6-28(30-9-7-27(8-10-30)25-42-34-19-21-36(22-20-34)44(39,40)41)24-32(31-11-15-33(38)16-12-31)23-26(2)29-13-17-35(18-14-29)43-37(3,4)5/h7-22,26,28,32,38H,6,23-25H2,1-5H3,(H,39,40,41). The smallest absolute Gasteiger partial charge is 0.294 e. The van der Waals surface area contributed by atoms with Crippen molar-refractivity contribution in [2.24, 2.45) is 0 Å². The van der Waals surface area contributed by atoms with Gasteiger partial charge in [-0.05, 0) is 129 Å². The van der Waals surface area contributed by atoms with Crippen LogP contribution in [0.25, 0.3) is 0 Å². The topological polar surface area (TPSA) is 93.1 Å². The third-order valence-electron chi connectivity index (χ3n) is 7.92. The number of hydrogen-bond donors (Lipinski definition) is 2. The molecule has 4 aromatic carbocycles. The molecular formula is C37H44O6S. The Bertz CT molecular complexity index is 1570. The van der Waals surface area contributed by atoms with E-state index in [1.807, 2.05) is 32.9 Å². The first-order valence-electron chi connectivity index (χ1n) is 15.2. The lowest BCUT2D eigenvalue weighted by Gasteiger charge is -2.27. The van der Waals surface area contributed by atoms with Crippen molar-refractivity contribution in [3.05, 3.63) is 119 Å². The Kier molecular flexibility index (Phi) is 10.8. The molecule has 7 heteroatoms. The van der Waals surface area contributed by atoms with Crippen molar-refractivity contribution >= 4 is 10.1 Å². The fourth-order valence-electron chi connectivity index (χ4n) is 5.54. The number of hydrogen-bond acceptors (Lipinski definition) is 5. The van der Waals surface area contributed by atoms with Crippen LogP contribution in [0.2, 0.25) is 0 Å². The van der Waals surface area contributed by atoms with Gasteiger partial charge in [0.15, 0.2) is 0 Å². The van der Waals surface area contributed by atoms with E-state index in [4.69, 9.17) is 14.0 Å².